The van der Waals surface area contributed by atoms with Gasteiger partial charge in [0.05, 0.1) is 20.0 Å². The van der Waals surface area contributed by atoms with E-state index in [-0.39, 0.29) is 16.9 Å². The molecule has 1 aromatic carbocycles. The minimum atomic E-state index is -0.510. The van der Waals surface area contributed by atoms with Crippen molar-refractivity contribution in [2.45, 2.75) is 25.0 Å². The van der Waals surface area contributed by atoms with Gasteiger partial charge >= 0.3 is 6.03 Å². The van der Waals surface area contributed by atoms with Gasteiger partial charge in [-0.1, -0.05) is 25.1 Å². The third-order valence-electron chi connectivity index (χ3n) is 3.40. The molecular weight excluding hydrogens is 372 g/mol. The van der Waals surface area contributed by atoms with E-state index in [0.29, 0.717) is 23.6 Å². The van der Waals surface area contributed by atoms with Crippen LogP contribution >= 0.6 is 11.8 Å². The van der Waals surface area contributed by atoms with Crippen molar-refractivity contribution in [2.75, 3.05) is 26.5 Å². The van der Waals surface area contributed by atoms with Crippen LogP contribution in [0.15, 0.2) is 27.8 Å². The average Bonchev–Trinajstić information content (AvgIpc) is 3.15. The molecule has 0 bridgehead atoms. The number of methoxy groups -OCH3 is 2. The quantitative estimate of drug-likeness (QED) is 0.492. The normalized spacial score (nSPS) is 10.3. The van der Waals surface area contributed by atoms with Gasteiger partial charge in [-0.3, -0.25) is 10.1 Å². The number of urea groups is 1. The zero-order chi connectivity index (χ0) is 19.6. The number of amides is 3. The first-order valence-electron chi connectivity index (χ1n) is 8.33. The predicted molar refractivity (Wildman–Crippen MR) is 100 cm³/mol. The Kier molecular flexibility index (Phi) is 7.93. The van der Waals surface area contributed by atoms with Crippen LogP contribution in [0.3, 0.4) is 0 Å². The molecule has 0 spiro atoms. The summed E-state index contributed by atoms with van der Waals surface area (Å²) < 4.78 is 16.0. The molecule has 27 heavy (non-hydrogen) atoms. The van der Waals surface area contributed by atoms with Gasteiger partial charge in [-0.2, -0.15) is 0 Å². The lowest BCUT2D eigenvalue weighted by Gasteiger charge is -2.05. The summed E-state index contributed by atoms with van der Waals surface area (Å²) >= 11 is 1.04. The highest BCUT2D eigenvalue weighted by Crippen LogP contribution is 2.30. The van der Waals surface area contributed by atoms with Crippen LogP contribution in [0, 0.1) is 0 Å². The number of hydrogen-bond acceptors (Lipinski definition) is 8. The van der Waals surface area contributed by atoms with Crippen LogP contribution in [0.1, 0.15) is 19.8 Å². The molecule has 146 valence electrons. The number of carbonyl (C=O) groups is 2. The molecule has 0 aliphatic rings. The number of hydrogen-bond donors (Lipinski definition) is 2. The van der Waals surface area contributed by atoms with E-state index in [1.165, 1.54) is 0 Å². The summed E-state index contributed by atoms with van der Waals surface area (Å²) in [6, 6.07) is 4.69. The van der Waals surface area contributed by atoms with Crippen molar-refractivity contribution in [1.82, 2.24) is 20.8 Å². The molecule has 0 atom stereocenters. The zero-order valence-electron chi connectivity index (χ0n) is 15.4. The predicted octanol–water partition coefficient (Wildman–Crippen LogP) is 2.47. The smallest absolute Gasteiger partial charge is 0.321 e. The highest BCUT2D eigenvalue weighted by atomic mass is 32.2. The van der Waals surface area contributed by atoms with Crippen LogP contribution in [0.25, 0.3) is 11.5 Å². The van der Waals surface area contributed by atoms with Crippen LogP contribution in [0.4, 0.5) is 4.79 Å². The summed E-state index contributed by atoms with van der Waals surface area (Å²) in [5.74, 6) is 0.976. The summed E-state index contributed by atoms with van der Waals surface area (Å²) in [7, 11) is 3.09. The fraction of sp³-hybridized carbons (Fsp3) is 0.412. The van der Waals surface area contributed by atoms with Gasteiger partial charge in [0.15, 0.2) is 0 Å². The summed E-state index contributed by atoms with van der Waals surface area (Å²) in [6.07, 6.45) is 1.82. The largest absolute Gasteiger partial charge is 0.497 e. The molecule has 0 aliphatic carbocycles. The Balaban J connectivity index is 1.91. The van der Waals surface area contributed by atoms with Gasteiger partial charge in [0.1, 0.15) is 11.5 Å². The van der Waals surface area contributed by atoms with Crippen molar-refractivity contribution in [1.29, 1.82) is 0 Å². The zero-order valence-corrected chi connectivity index (χ0v) is 16.2. The number of carbonyl (C=O) groups excluding carboxylic acids is 2. The minimum absolute atomic E-state index is 0.0235. The second-order valence-electron chi connectivity index (χ2n) is 5.42. The van der Waals surface area contributed by atoms with Crippen molar-refractivity contribution in [3.8, 4) is 23.0 Å². The number of benzene rings is 1. The Morgan fingerprint density at radius 2 is 1.85 bits per heavy atom. The molecule has 0 saturated heterocycles. The third kappa shape index (κ3) is 6.48. The van der Waals surface area contributed by atoms with E-state index >= 15 is 0 Å². The Morgan fingerprint density at radius 1 is 1.15 bits per heavy atom. The molecule has 0 saturated carbocycles. The average molecular weight is 394 g/mol. The van der Waals surface area contributed by atoms with Crippen LogP contribution in [-0.4, -0.2) is 48.7 Å². The van der Waals surface area contributed by atoms with E-state index in [1.807, 2.05) is 6.92 Å². The molecule has 0 radical (unpaired) electrons. The molecular formula is C17H22N4O5S. The number of rotatable bonds is 9. The third-order valence-corrected chi connectivity index (χ3v) is 4.22. The van der Waals surface area contributed by atoms with Gasteiger partial charge in [-0.25, -0.2) is 4.79 Å². The van der Waals surface area contributed by atoms with Crippen molar-refractivity contribution >= 4 is 23.7 Å². The number of thioether (sulfide) groups is 1. The van der Waals surface area contributed by atoms with Gasteiger partial charge in [0, 0.05) is 18.2 Å². The van der Waals surface area contributed by atoms with E-state index in [9.17, 15) is 9.59 Å². The monoisotopic (exact) mass is 394 g/mol. The number of unbranched alkanes of at least 4 members (excludes halogenated alkanes) is 1. The van der Waals surface area contributed by atoms with Crippen molar-refractivity contribution in [3.05, 3.63) is 18.2 Å². The van der Waals surface area contributed by atoms with Crippen molar-refractivity contribution in [2.24, 2.45) is 0 Å². The molecule has 9 nitrogen and oxygen atoms in total. The molecule has 1 heterocycles. The van der Waals surface area contributed by atoms with Gasteiger partial charge in [-0.15, -0.1) is 10.2 Å². The number of nitrogens with one attached hydrogen (secondary N) is 2. The molecule has 1 aromatic heterocycles. The van der Waals surface area contributed by atoms with E-state index in [0.717, 1.165) is 24.6 Å². The second kappa shape index (κ2) is 10.4. The lowest BCUT2D eigenvalue weighted by molar-refractivity contribution is -0.117. The van der Waals surface area contributed by atoms with E-state index < -0.39 is 11.9 Å². The number of imide groups is 1. The Labute approximate surface area is 161 Å². The maximum absolute atomic E-state index is 11.8. The maximum Gasteiger partial charge on any atom is 0.321 e. The van der Waals surface area contributed by atoms with Crippen LogP contribution in [0.5, 0.6) is 11.5 Å². The van der Waals surface area contributed by atoms with Gasteiger partial charge in [0.2, 0.25) is 11.8 Å². The SMILES string of the molecule is CCCCNC(=O)NC(=O)CSc1nnc(-c2cc(OC)cc(OC)c2)o1. The standard InChI is InChI=1S/C17H22N4O5S/c1-4-5-6-18-16(23)19-14(22)10-27-17-21-20-15(26-17)11-7-12(24-2)9-13(8-11)25-3/h7-9H,4-6,10H2,1-3H3,(H2,18,19,22,23). The van der Waals surface area contributed by atoms with Gasteiger partial charge in [0.25, 0.3) is 5.22 Å². The molecule has 3 amide bonds. The Hall–Kier alpha value is -2.75. The van der Waals surface area contributed by atoms with E-state index in [4.69, 9.17) is 13.9 Å². The summed E-state index contributed by atoms with van der Waals surface area (Å²) in [4.78, 5) is 23.3. The maximum atomic E-state index is 11.8. The van der Waals surface area contributed by atoms with Crippen LogP contribution in [0.2, 0.25) is 0 Å². The summed E-state index contributed by atoms with van der Waals surface area (Å²) in [5, 5.41) is 12.9. The first kappa shape index (κ1) is 20.6. The molecule has 2 aromatic rings. The topological polar surface area (TPSA) is 116 Å². The highest BCUT2D eigenvalue weighted by molar-refractivity contribution is 7.99. The van der Waals surface area contributed by atoms with Crippen molar-refractivity contribution in [3.63, 3.8) is 0 Å². The highest BCUT2D eigenvalue weighted by Gasteiger charge is 2.14. The molecule has 10 heteroatoms. The van der Waals surface area contributed by atoms with Gasteiger partial charge in [-0.05, 0) is 18.6 Å². The number of aromatic nitrogens is 2. The fourth-order valence-corrected chi connectivity index (χ4v) is 2.59. The lowest BCUT2D eigenvalue weighted by atomic mass is 10.2. The molecule has 2 rings (SSSR count). The first-order chi connectivity index (χ1) is 13.0. The van der Waals surface area contributed by atoms with Crippen LogP contribution in [-0.2, 0) is 4.79 Å². The van der Waals surface area contributed by atoms with E-state index in [2.05, 4.69) is 20.8 Å². The first-order valence-corrected chi connectivity index (χ1v) is 9.31. The van der Waals surface area contributed by atoms with Crippen LogP contribution < -0.4 is 20.1 Å². The summed E-state index contributed by atoms with van der Waals surface area (Å²) in [6.45, 7) is 2.54. The van der Waals surface area contributed by atoms with E-state index in [1.54, 1.807) is 32.4 Å². The molecule has 0 aliphatic heterocycles. The van der Waals surface area contributed by atoms with Gasteiger partial charge < -0.3 is 19.2 Å². The number of ether oxygens (including phenoxy) is 2. The molecule has 2 N–H and O–H groups in total. The number of nitrogens with zero attached hydrogens (tertiary/aromatic N) is 2. The summed E-state index contributed by atoms with van der Waals surface area (Å²) in [5.41, 5.74) is 0.630. The Morgan fingerprint density at radius 3 is 2.48 bits per heavy atom. The minimum Gasteiger partial charge on any atom is -0.497 e. The molecule has 0 unspecified atom stereocenters. The lowest BCUT2D eigenvalue weighted by Crippen LogP contribution is -2.40. The molecule has 0 fully saturated rings. The Bertz CT molecular complexity index is 758. The second-order valence-corrected chi connectivity index (χ2v) is 6.35. The van der Waals surface area contributed by atoms with Crippen molar-refractivity contribution < 1.29 is 23.5 Å². The fourth-order valence-electron chi connectivity index (χ4n) is 2.03.